The highest BCUT2D eigenvalue weighted by Crippen LogP contribution is 2.33. The Morgan fingerprint density at radius 1 is 1.06 bits per heavy atom. The number of aromatic nitrogens is 8. The van der Waals surface area contributed by atoms with Crippen LogP contribution in [0.5, 0.6) is 5.75 Å². The van der Waals surface area contributed by atoms with Gasteiger partial charge in [-0.05, 0) is 43.9 Å². The average Bonchev–Trinajstić information content (AvgIpc) is 3.62. The zero-order valence-electron chi connectivity index (χ0n) is 19.6. The third-order valence-corrected chi connectivity index (χ3v) is 5.84. The molecule has 11 heteroatoms. The number of aromatic amines is 3. The average molecular weight is 484 g/mol. The van der Waals surface area contributed by atoms with E-state index in [1.807, 2.05) is 37.2 Å². The number of H-pyrrole nitrogens is 3. The number of fused-ring (bicyclic) bond motifs is 2. The summed E-state index contributed by atoms with van der Waals surface area (Å²) in [4.78, 5) is 19.0. The van der Waals surface area contributed by atoms with Crippen molar-refractivity contribution in [2.75, 3.05) is 27.2 Å². The van der Waals surface area contributed by atoms with Crippen LogP contribution in [0.3, 0.4) is 0 Å². The van der Waals surface area contributed by atoms with Crippen LogP contribution in [0.2, 0.25) is 0 Å². The quantitative estimate of drug-likeness (QED) is 0.313. The number of ether oxygens (including phenoxy) is 1. The molecule has 0 unspecified atom stereocenters. The number of likely N-dealkylation sites (N-methyl/N-ethyl adjacent to an activating group) is 1. The van der Waals surface area contributed by atoms with Crippen molar-refractivity contribution in [1.82, 2.24) is 45.2 Å². The standard InChI is InChI=1S/C25H22FN9O/c1-35(2)5-6-36-17-8-14(7-16(26)9-17)18-3-4-27-24-22(18)31-25(32-24)23-19-10-20(15-11-29-30-12-15)28-13-21(19)33-34-23/h3-4,7-13H,5-6H2,1-2H3,(H,29,30)(H,33,34)(H,27,31,32). The Balaban J connectivity index is 1.41. The van der Waals surface area contributed by atoms with Crippen molar-refractivity contribution in [3.05, 3.63) is 60.9 Å². The second kappa shape index (κ2) is 8.86. The molecule has 36 heavy (non-hydrogen) atoms. The highest BCUT2D eigenvalue weighted by Gasteiger charge is 2.17. The maximum atomic E-state index is 14.5. The molecule has 0 saturated carbocycles. The molecular weight excluding hydrogens is 461 g/mol. The zero-order valence-corrected chi connectivity index (χ0v) is 19.6. The van der Waals surface area contributed by atoms with Gasteiger partial charge in [0, 0.05) is 41.5 Å². The van der Waals surface area contributed by atoms with Crippen molar-refractivity contribution >= 4 is 22.1 Å². The lowest BCUT2D eigenvalue weighted by Gasteiger charge is -2.12. The molecule has 3 N–H and O–H groups in total. The molecule has 180 valence electrons. The van der Waals surface area contributed by atoms with E-state index in [2.05, 4.69) is 35.3 Å². The summed E-state index contributed by atoms with van der Waals surface area (Å²) < 4.78 is 20.3. The van der Waals surface area contributed by atoms with E-state index in [1.54, 1.807) is 24.8 Å². The van der Waals surface area contributed by atoms with Crippen LogP contribution in [0.1, 0.15) is 0 Å². The lowest BCUT2D eigenvalue weighted by Crippen LogP contribution is -2.19. The molecule has 5 heterocycles. The first-order chi connectivity index (χ1) is 17.5. The summed E-state index contributed by atoms with van der Waals surface area (Å²) in [6.07, 6.45) is 6.89. The van der Waals surface area contributed by atoms with E-state index in [-0.39, 0.29) is 5.82 Å². The number of halogens is 1. The van der Waals surface area contributed by atoms with Gasteiger partial charge in [-0.2, -0.15) is 10.2 Å². The van der Waals surface area contributed by atoms with Crippen LogP contribution in [0.25, 0.3) is 56.0 Å². The third kappa shape index (κ3) is 4.05. The molecule has 0 aliphatic rings. The molecule has 0 radical (unpaired) electrons. The highest BCUT2D eigenvalue weighted by molar-refractivity contribution is 5.96. The van der Waals surface area contributed by atoms with Gasteiger partial charge in [-0.15, -0.1) is 0 Å². The first kappa shape index (κ1) is 21.9. The SMILES string of the molecule is CN(C)CCOc1cc(F)cc(-c2ccnc3[nH]c(-c4n[nH]c5cnc(-c6cn[nH]c6)cc45)nc23)c1. The number of hydrogen-bond acceptors (Lipinski definition) is 7. The minimum absolute atomic E-state index is 0.384. The number of rotatable bonds is 7. The predicted octanol–water partition coefficient (Wildman–Crippen LogP) is 4.03. The summed E-state index contributed by atoms with van der Waals surface area (Å²) in [6, 6.07) is 8.41. The minimum atomic E-state index is -0.384. The summed E-state index contributed by atoms with van der Waals surface area (Å²) in [5.41, 5.74) is 5.60. The second-order valence-electron chi connectivity index (χ2n) is 8.64. The number of pyridine rings is 2. The van der Waals surface area contributed by atoms with Crippen LogP contribution in [-0.4, -0.2) is 72.5 Å². The fourth-order valence-corrected chi connectivity index (χ4v) is 4.05. The topological polar surface area (TPSA) is 124 Å². The fraction of sp³-hybridized carbons (Fsp3) is 0.160. The van der Waals surface area contributed by atoms with Gasteiger partial charge in [-0.25, -0.2) is 14.4 Å². The Morgan fingerprint density at radius 3 is 2.81 bits per heavy atom. The molecule has 0 spiro atoms. The first-order valence-electron chi connectivity index (χ1n) is 11.3. The van der Waals surface area contributed by atoms with E-state index >= 15 is 0 Å². The molecule has 0 aliphatic carbocycles. The summed E-state index contributed by atoms with van der Waals surface area (Å²) in [7, 11) is 3.92. The number of benzene rings is 1. The molecule has 10 nitrogen and oxygen atoms in total. The lowest BCUT2D eigenvalue weighted by molar-refractivity contribution is 0.260. The summed E-state index contributed by atoms with van der Waals surface area (Å²) in [5, 5.41) is 15.1. The maximum absolute atomic E-state index is 14.5. The van der Waals surface area contributed by atoms with Crippen molar-refractivity contribution in [3.63, 3.8) is 0 Å². The number of hydrogen-bond donors (Lipinski definition) is 3. The Hall–Kier alpha value is -4.64. The van der Waals surface area contributed by atoms with E-state index in [9.17, 15) is 4.39 Å². The van der Waals surface area contributed by atoms with Gasteiger partial charge in [-0.3, -0.25) is 15.2 Å². The Morgan fingerprint density at radius 2 is 1.97 bits per heavy atom. The van der Waals surface area contributed by atoms with Crippen LogP contribution in [0, 0.1) is 5.82 Å². The lowest BCUT2D eigenvalue weighted by atomic mass is 10.1. The smallest absolute Gasteiger partial charge is 0.160 e. The van der Waals surface area contributed by atoms with Crippen molar-refractivity contribution in [2.24, 2.45) is 0 Å². The van der Waals surface area contributed by atoms with Crippen LogP contribution in [0.4, 0.5) is 4.39 Å². The Labute approximate surface area is 204 Å². The van der Waals surface area contributed by atoms with E-state index in [4.69, 9.17) is 9.72 Å². The molecule has 0 bridgehead atoms. The van der Waals surface area contributed by atoms with Crippen LogP contribution < -0.4 is 4.74 Å². The molecule has 0 saturated heterocycles. The fourth-order valence-electron chi connectivity index (χ4n) is 4.05. The van der Waals surface area contributed by atoms with E-state index in [0.717, 1.165) is 34.3 Å². The molecule has 5 aromatic heterocycles. The minimum Gasteiger partial charge on any atom is -0.492 e. The monoisotopic (exact) mass is 483 g/mol. The van der Waals surface area contributed by atoms with Crippen LogP contribution in [-0.2, 0) is 0 Å². The summed E-state index contributed by atoms with van der Waals surface area (Å²) in [5.74, 6) is 0.621. The molecule has 6 aromatic rings. The molecule has 6 rings (SSSR count). The van der Waals surface area contributed by atoms with Gasteiger partial charge >= 0.3 is 0 Å². The van der Waals surface area contributed by atoms with Crippen molar-refractivity contribution in [2.45, 2.75) is 0 Å². The van der Waals surface area contributed by atoms with Gasteiger partial charge in [0.05, 0.1) is 23.6 Å². The van der Waals surface area contributed by atoms with Gasteiger partial charge in [0.25, 0.3) is 0 Å². The van der Waals surface area contributed by atoms with E-state index in [1.165, 1.54) is 12.1 Å². The summed E-state index contributed by atoms with van der Waals surface area (Å²) in [6.45, 7) is 1.18. The Bertz CT molecular complexity index is 1670. The number of imidazole rings is 1. The van der Waals surface area contributed by atoms with Crippen molar-refractivity contribution in [3.8, 4) is 39.7 Å². The Kier molecular flexibility index (Phi) is 5.38. The van der Waals surface area contributed by atoms with Gasteiger partial charge in [0.2, 0.25) is 0 Å². The maximum Gasteiger partial charge on any atom is 0.160 e. The first-order valence-corrected chi connectivity index (χ1v) is 11.3. The molecule has 0 atom stereocenters. The molecule has 0 fully saturated rings. The van der Waals surface area contributed by atoms with Gasteiger partial charge in [0.15, 0.2) is 11.5 Å². The van der Waals surface area contributed by atoms with Gasteiger partial charge in [-0.1, -0.05) is 0 Å². The highest BCUT2D eigenvalue weighted by atomic mass is 19.1. The molecule has 1 aromatic carbocycles. The third-order valence-electron chi connectivity index (χ3n) is 5.84. The van der Waals surface area contributed by atoms with Crippen molar-refractivity contribution in [1.29, 1.82) is 0 Å². The van der Waals surface area contributed by atoms with Crippen LogP contribution in [0.15, 0.2) is 55.1 Å². The van der Waals surface area contributed by atoms with Gasteiger partial charge in [0.1, 0.15) is 29.4 Å². The van der Waals surface area contributed by atoms with Gasteiger partial charge < -0.3 is 14.6 Å². The van der Waals surface area contributed by atoms with Crippen LogP contribution >= 0.6 is 0 Å². The van der Waals surface area contributed by atoms with Crippen molar-refractivity contribution < 1.29 is 9.13 Å². The molecule has 0 aliphatic heterocycles. The van der Waals surface area contributed by atoms with E-state index < -0.39 is 0 Å². The number of nitrogens with one attached hydrogen (secondary N) is 3. The second-order valence-corrected chi connectivity index (χ2v) is 8.64. The summed E-state index contributed by atoms with van der Waals surface area (Å²) >= 11 is 0. The van der Waals surface area contributed by atoms with E-state index in [0.29, 0.717) is 40.6 Å². The predicted molar refractivity (Wildman–Crippen MR) is 134 cm³/mol. The normalized spacial score (nSPS) is 11.7. The molecule has 0 amide bonds. The largest absolute Gasteiger partial charge is 0.492 e. The molecular formula is C25H22FN9O. The zero-order chi connectivity index (χ0) is 24.6. The number of nitrogens with zero attached hydrogens (tertiary/aromatic N) is 6.